The zero-order valence-electron chi connectivity index (χ0n) is 12.1. The van der Waals surface area contributed by atoms with E-state index < -0.39 is 0 Å². The quantitative estimate of drug-likeness (QED) is 0.570. The van der Waals surface area contributed by atoms with Gasteiger partial charge in [0.1, 0.15) is 0 Å². The van der Waals surface area contributed by atoms with Gasteiger partial charge in [-0.05, 0) is 35.8 Å². The topological polar surface area (TPSA) is 34.4 Å². The molecule has 0 aliphatic rings. The molecule has 0 aliphatic heterocycles. The van der Waals surface area contributed by atoms with E-state index >= 15 is 0 Å². The van der Waals surface area contributed by atoms with E-state index in [1.165, 1.54) is 16.9 Å². The normalized spacial score (nSPS) is 12.5. The van der Waals surface area contributed by atoms with Gasteiger partial charge in [0.2, 0.25) is 0 Å². The van der Waals surface area contributed by atoms with E-state index in [0.29, 0.717) is 0 Å². The molecule has 2 heterocycles. The van der Waals surface area contributed by atoms with Crippen molar-refractivity contribution in [2.24, 2.45) is 0 Å². The fourth-order valence-electron chi connectivity index (χ4n) is 2.61. The lowest BCUT2D eigenvalue weighted by Crippen LogP contribution is -2.22. The number of rotatable bonds is 2. The Labute approximate surface area is 131 Å². The lowest BCUT2D eigenvalue weighted by Gasteiger charge is -1.96. The van der Waals surface area contributed by atoms with Gasteiger partial charge in [-0.1, -0.05) is 54.7 Å². The fraction of sp³-hybridized carbons (Fsp3) is 0.111. The molecule has 4 aromatic rings. The van der Waals surface area contributed by atoms with Crippen LogP contribution in [0.1, 0.15) is 18.1 Å². The molecule has 0 unspecified atom stereocenters. The molecule has 0 radical (unpaired) electrons. The predicted molar refractivity (Wildman–Crippen MR) is 91.5 cm³/mol. The average molecular weight is 306 g/mol. The molecule has 0 fully saturated rings. The summed E-state index contributed by atoms with van der Waals surface area (Å²) >= 11 is 1.44. The van der Waals surface area contributed by atoms with Crippen LogP contribution in [0.25, 0.3) is 22.1 Å². The number of nitrogens with zero attached hydrogens (tertiary/aromatic N) is 2. The summed E-state index contributed by atoms with van der Waals surface area (Å²) in [5.41, 5.74) is 4.09. The van der Waals surface area contributed by atoms with E-state index in [0.717, 1.165) is 32.5 Å². The van der Waals surface area contributed by atoms with Crippen molar-refractivity contribution in [1.29, 1.82) is 0 Å². The van der Waals surface area contributed by atoms with Crippen molar-refractivity contribution in [3.63, 3.8) is 0 Å². The molecule has 0 spiro atoms. The molecule has 3 nitrogen and oxygen atoms in total. The Morgan fingerprint density at radius 1 is 1.14 bits per heavy atom. The molecule has 22 heavy (non-hydrogen) atoms. The molecule has 2 aromatic carbocycles. The maximum absolute atomic E-state index is 12.6. The van der Waals surface area contributed by atoms with Crippen molar-refractivity contribution >= 4 is 33.4 Å². The first-order valence-electron chi connectivity index (χ1n) is 7.27. The molecule has 0 saturated heterocycles. The van der Waals surface area contributed by atoms with Gasteiger partial charge in [0.05, 0.1) is 15.6 Å². The number of aromatic nitrogens is 2. The SMILES string of the molecule is CCc1ccc(/C=c2\sc3nc4ccccc4n3c2=O)cc1. The Balaban J connectivity index is 1.93. The van der Waals surface area contributed by atoms with Crippen LogP contribution < -0.4 is 10.1 Å². The van der Waals surface area contributed by atoms with Gasteiger partial charge in [-0.15, -0.1) is 0 Å². The highest BCUT2D eigenvalue weighted by Gasteiger charge is 2.10. The van der Waals surface area contributed by atoms with Gasteiger partial charge in [0.25, 0.3) is 5.56 Å². The lowest BCUT2D eigenvalue weighted by atomic mass is 10.1. The van der Waals surface area contributed by atoms with Crippen molar-refractivity contribution in [2.75, 3.05) is 0 Å². The second kappa shape index (κ2) is 5.07. The van der Waals surface area contributed by atoms with Crippen LogP contribution in [0.2, 0.25) is 0 Å². The number of benzene rings is 2. The van der Waals surface area contributed by atoms with Crippen LogP contribution in [0.3, 0.4) is 0 Å². The van der Waals surface area contributed by atoms with Gasteiger partial charge >= 0.3 is 0 Å². The summed E-state index contributed by atoms with van der Waals surface area (Å²) in [5, 5.41) is 0. The van der Waals surface area contributed by atoms with E-state index in [2.05, 4.69) is 36.2 Å². The molecule has 4 rings (SSSR count). The van der Waals surface area contributed by atoms with Crippen molar-refractivity contribution in [3.05, 3.63) is 74.5 Å². The number of fused-ring (bicyclic) bond motifs is 3. The van der Waals surface area contributed by atoms with E-state index in [-0.39, 0.29) is 5.56 Å². The van der Waals surface area contributed by atoms with Gasteiger partial charge in [-0.2, -0.15) is 0 Å². The smallest absolute Gasteiger partial charge is 0.267 e. The molecule has 0 N–H and O–H groups in total. The summed E-state index contributed by atoms with van der Waals surface area (Å²) in [7, 11) is 0. The van der Waals surface area contributed by atoms with Crippen LogP contribution in [0.15, 0.2) is 53.3 Å². The molecule has 0 bridgehead atoms. The third-order valence-corrected chi connectivity index (χ3v) is 4.80. The minimum absolute atomic E-state index is 0.00766. The van der Waals surface area contributed by atoms with Crippen LogP contribution in [-0.4, -0.2) is 9.38 Å². The van der Waals surface area contributed by atoms with E-state index in [9.17, 15) is 4.79 Å². The first-order valence-corrected chi connectivity index (χ1v) is 8.08. The van der Waals surface area contributed by atoms with E-state index in [4.69, 9.17) is 0 Å². The van der Waals surface area contributed by atoms with Crippen LogP contribution in [0.4, 0.5) is 0 Å². The molecule has 0 amide bonds. The summed E-state index contributed by atoms with van der Waals surface area (Å²) in [4.78, 5) is 17.9. The summed E-state index contributed by atoms with van der Waals surface area (Å²) < 4.78 is 2.42. The molecule has 2 aromatic heterocycles. The summed E-state index contributed by atoms with van der Waals surface area (Å²) in [6, 6.07) is 16.0. The number of hydrogen-bond acceptors (Lipinski definition) is 3. The number of para-hydroxylation sites is 2. The van der Waals surface area contributed by atoms with Gasteiger partial charge in [-0.3, -0.25) is 4.79 Å². The summed E-state index contributed by atoms with van der Waals surface area (Å²) in [5.74, 6) is 0. The largest absolute Gasteiger partial charge is 0.274 e. The van der Waals surface area contributed by atoms with Gasteiger partial charge < -0.3 is 0 Å². The van der Waals surface area contributed by atoms with Crippen molar-refractivity contribution < 1.29 is 0 Å². The standard InChI is InChI=1S/C18H14N2OS/c1-2-12-7-9-13(10-8-12)11-16-17(21)20-15-6-4-3-5-14(15)19-18(20)22-16/h3-11H,2H2,1H3/b16-11-. The molecule has 108 valence electrons. The first-order chi connectivity index (χ1) is 10.8. The predicted octanol–water partition coefficient (Wildman–Crippen LogP) is 3.02. The third-order valence-electron chi connectivity index (χ3n) is 3.83. The Morgan fingerprint density at radius 2 is 1.91 bits per heavy atom. The number of imidazole rings is 1. The van der Waals surface area contributed by atoms with Gasteiger partial charge in [-0.25, -0.2) is 9.38 Å². The Morgan fingerprint density at radius 3 is 2.68 bits per heavy atom. The number of hydrogen-bond donors (Lipinski definition) is 0. The van der Waals surface area contributed by atoms with Gasteiger partial charge in [0.15, 0.2) is 4.96 Å². The minimum atomic E-state index is 0.00766. The number of aryl methyl sites for hydroxylation is 1. The molecule has 4 heteroatoms. The second-order valence-corrected chi connectivity index (χ2v) is 6.24. The molecular formula is C18H14N2OS. The highest BCUT2D eigenvalue weighted by molar-refractivity contribution is 7.15. The second-order valence-electron chi connectivity index (χ2n) is 5.23. The third kappa shape index (κ3) is 2.04. The molecule has 0 saturated carbocycles. The maximum Gasteiger partial charge on any atom is 0.274 e. The molecule has 0 atom stereocenters. The van der Waals surface area contributed by atoms with Crippen LogP contribution in [0, 0.1) is 0 Å². The van der Waals surface area contributed by atoms with Crippen LogP contribution in [-0.2, 0) is 6.42 Å². The number of thiazole rings is 1. The lowest BCUT2D eigenvalue weighted by molar-refractivity contribution is 1.14. The Bertz CT molecular complexity index is 1070. The highest BCUT2D eigenvalue weighted by Crippen LogP contribution is 2.15. The Hall–Kier alpha value is -2.46. The van der Waals surface area contributed by atoms with Gasteiger partial charge in [0, 0.05) is 0 Å². The van der Waals surface area contributed by atoms with Crippen LogP contribution >= 0.6 is 11.3 Å². The summed E-state index contributed by atoms with van der Waals surface area (Å²) in [6.45, 7) is 2.13. The maximum atomic E-state index is 12.6. The monoisotopic (exact) mass is 306 g/mol. The Kier molecular flexibility index (Phi) is 3.05. The first kappa shape index (κ1) is 13.2. The zero-order valence-corrected chi connectivity index (χ0v) is 12.9. The van der Waals surface area contributed by atoms with E-state index in [1.807, 2.05) is 30.3 Å². The fourth-order valence-corrected chi connectivity index (χ4v) is 3.60. The summed E-state index contributed by atoms with van der Waals surface area (Å²) in [6.07, 6.45) is 2.96. The van der Waals surface area contributed by atoms with Crippen LogP contribution in [0.5, 0.6) is 0 Å². The molecule has 0 aliphatic carbocycles. The highest BCUT2D eigenvalue weighted by atomic mass is 32.1. The van der Waals surface area contributed by atoms with Crippen molar-refractivity contribution in [3.8, 4) is 0 Å². The average Bonchev–Trinajstić information content (AvgIpc) is 3.05. The van der Waals surface area contributed by atoms with E-state index in [1.54, 1.807) is 4.40 Å². The van der Waals surface area contributed by atoms with Crippen molar-refractivity contribution in [1.82, 2.24) is 9.38 Å². The zero-order chi connectivity index (χ0) is 15.1. The van der Waals surface area contributed by atoms with Crippen molar-refractivity contribution in [2.45, 2.75) is 13.3 Å². The molecular weight excluding hydrogens is 292 g/mol. The minimum Gasteiger partial charge on any atom is -0.267 e.